The highest BCUT2D eigenvalue weighted by Crippen LogP contribution is 2.05. The Labute approximate surface area is 98.5 Å². The topological polar surface area (TPSA) is 101 Å². The molecule has 1 rings (SSSR count). The quantitative estimate of drug-likeness (QED) is 0.299. The predicted molar refractivity (Wildman–Crippen MR) is 58.9 cm³/mol. The lowest BCUT2D eigenvalue weighted by atomic mass is 10.3. The Kier molecular flexibility index (Phi) is 9.21. The van der Waals surface area contributed by atoms with Crippen LogP contribution < -0.4 is 0 Å². The second-order valence-corrected chi connectivity index (χ2v) is 2.85. The summed E-state index contributed by atoms with van der Waals surface area (Å²) >= 11 is 0. The van der Waals surface area contributed by atoms with Crippen molar-refractivity contribution in [3.05, 3.63) is 31.0 Å². The molecule has 1 heterocycles. The largest absolute Gasteiger partial charge is 0.478 e. The van der Waals surface area contributed by atoms with Crippen LogP contribution in [0.15, 0.2) is 31.0 Å². The monoisotopic (exact) mass is 242 g/mol. The summed E-state index contributed by atoms with van der Waals surface area (Å²) in [5, 5.41) is 16.4. The van der Waals surface area contributed by atoms with Crippen LogP contribution in [-0.4, -0.2) is 34.2 Å². The fourth-order valence-electron chi connectivity index (χ4n) is 0.463. The minimum absolute atomic E-state index is 0.176. The first kappa shape index (κ1) is 17.2. The van der Waals surface area contributed by atoms with Gasteiger partial charge in [-0.15, -0.1) is 5.73 Å². The van der Waals surface area contributed by atoms with Crippen LogP contribution in [0.4, 0.5) is 0 Å². The van der Waals surface area contributed by atoms with Crippen molar-refractivity contribution in [2.24, 2.45) is 0 Å². The first-order valence-corrected chi connectivity index (χ1v) is 4.36. The molecule has 0 amide bonds. The van der Waals surface area contributed by atoms with Gasteiger partial charge in [0.1, 0.15) is 0 Å². The molecule has 0 saturated carbocycles. The number of esters is 2. The van der Waals surface area contributed by atoms with E-state index in [2.05, 4.69) is 30.2 Å². The molecule has 1 fully saturated rings. The standard InChI is InChI=1S/C4H4O4.C4H6O2.C3H4/c5-2-1-3(6)8-4(2)7;1-3(2)4(5)6;1-3-2/h2,5H,1H2;1H2,2H3,(H,5,6);1-2H2. The lowest BCUT2D eigenvalue weighted by Gasteiger charge is -1.86. The predicted octanol–water partition coefficient (Wildman–Crippen LogP) is 0.425. The molecule has 6 heteroatoms. The van der Waals surface area contributed by atoms with Gasteiger partial charge in [0.25, 0.3) is 0 Å². The van der Waals surface area contributed by atoms with Gasteiger partial charge < -0.3 is 14.9 Å². The molecule has 0 aromatic heterocycles. The summed E-state index contributed by atoms with van der Waals surface area (Å²) in [5.74, 6) is -2.42. The summed E-state index contributed by atoms with van der Waals surface area (Å²) in [6.45, 7) is 10.9. The number of carboxylic acid groups (broad SMARTS) is 1. The van der Waals surface area contributed by atoms with E-state index < -0.39 is 24.0 Å². The second kappa shape index (κ2) is 9.08. The number of cyclic esters (lactones) is 2. The second-order valence-electron chi connectivity index (χ2n) is 2.85. The normalized spacial score (nSPS) is 16.5. The van der Waals surface area contributed by atoms with Crippen molar-refractivity contribution in [3.63, 3.8) is 0 Å². The Morgan fingerprint density at radius 3 is 1.88 bits per heavy atom. The summed E-state index contributed by atoms with van der Waals surface area (Å²) in [6, 6.07) is 0. The maximum Gasteiger partial charge on any atom is 0.343 e. The number of carboxylic acids is 1. The van der Waals surface area contributed by atoms with Crippen LogP contribution in [0.25, 0.3) is 0 Å². The van der Waals surface area contributed by atoms with E-state index in [1.54, 1.807) is 0 Å². The molecule has 0 bridgehead atoms. The van der Waals surface area contributed by atoms with Crippen LogP contribution in [0.1, 0.15) is 13.3 Å². The van der Waals surface area contributed by atoms with Crippen LogP contribution in [0.5, 0.6) is 0 Å². The Bertz CT molecular complexity index is 337. The van der Waals surface area contributed by atoms with Crippen molar-refractivity contribution in [1.82, 2.24) is 0 Å². The van der Waals surface area contributed by atoms with Gasteiger partial charge in [-0.1, -0.05) is 19.7 Å². The third-order valence-corrected chi connectivity index (χ3v) is 1.21. The Morgan fingerprint density at radius 2 is 1.82 bits per heavy atom. The number of carbonyl (C=O) groups is 3. The first-order chi connectivity index (χ1) is 7.76. The molecule has 1 atom stereocenters. The Morgan fingerprint density at radius 1 is 1.47 bits per heavy atom. The van der Waals surface area contributed by atoms with Gasteiger partial charge in [0.05, 0.1) is 6.42 Å². The smallest absolute Gasteiger partial charge is 0.343 e. The van der Waals surface area contributed by atoms with Crippen LogP contribution in [-0.2, 0) is 19.1 Å². The third kappa shape index (κ3) is 10.1. The molecule has 2 N–H and O–H groups in total. The highest BCUT2D eigenvalue weighted by Gasteiger charge is 2.30. The van der Waals surface area contributed by atoms with E-state index in [-0.39, 0.29) is 12.0 Å². The van der Waals surface area contributed by atoms with Crippen LogP contribution in [0.2, 0.25) is 0 Å². The fraction of sp³-hybridized carbons (Fsp3) is 0.273. The van der Waals surface area contributed by atoms with Crippen LogP contribution >= 0.6 is 0 Å². The number of carbonyl (C=O) groups excluding carboxylic acids is 2. The zero-order valence-corrected chi connectivity index (χ0v) is 9.43. The van der Waals surface area contributed by atoms with Crippen LogP contribution in [0.3, 0.4) is 0 Å². The zero-order valence-electron chi connectivity index (χ0n) is 9.43. The first-order valence-electron chi connectivity index (χ1n) is 4.36. The van der Waals surface area contributed by atoms with Gasteiger partial charge in [-0.25, -0.2) is 9.59 Å². The fourth-order valence-corrected chi connectivity index (χ4v) is 0.463. The minimum atomic E-state index is -1.22. The number of hydrogen-bond acceptors (Lipinski definition) is 5. The maximum atomic E-state index is 10.1. The molecule has 94 valence electrons. The van der Waals surface area contributed by atoms with E-state index in [0.717, 1.165) is 0 Å². The van der Waals surface area contributed by atoms with Crippen molar-refractivity contribution in [3.8, 4) is 0 Å². The van der Waals surface area contributed by atoms with Gasteiger partial charge in [0, 0.05) is 5.57 Å². The van der Waals surface area contributed by atoms with Crippen molar-refractivity contribution >= 4 is 17.9 Å². The van der Waals surface area contributed by atoms with Gasteiger partial charge in [-0.2, -0.15) is 0 Å². The molecule has 0 aromatic rings. The number of hydrogen-bond donors (Lipinski definition) is 2. The number of ether oxygens (including phenoxy) is 1. The number of aliphatic hydroxyl groups excluding tert-OH is 1. The van der Waals surface area contributed by atoms with E-state index in [9.17, 15) is 14.4 Å². The molecular formula is C11H14O6. The molecule has 0 radical (unpaired) electrons. The average Bonchev–Trinajstić information content (AvgIpc) is 2.46. The van der Waals surface area contributed by atoms with E-state index in [4.69, 9.17) is 10.2 Å². The van der Waals surface area contributed by atoms with Crippen molar-refractivity contribution in [2.45, 2.75) is 19.4 Å². The summed E-state index contributed by atoms with van der Waals surface area (Å²) in [6.07, 6.45) is -1.42. The number of aliphatic carboxylic acids is 1. The van der Waals surface area contributed by atoms with Gasteiger partial charge in [-0.05, 0) is 6.92 Å². The molecule has 1 unspecified atom stereocenters. The highest BCUT2D eigenvalue weighted by atomic mass is 16.6. The molecule has 1 saturated heterocycles. The van der Waals surface area contributed by atoms with Gasteiger partial charge in [0.15, 0.2) is 6.10 Å². The van der Waals surface area contributed by atoms with Gasteiger partial charge >= 0.3 is 17.9 Å². The molecule has 0 aromatic carbocycles. The van der Waals surface area contributed by atoms with Gasteiger partial charge in [-0.3, -0.25) is 4.79 Å². The van der Waals surface area contributed by atoms with E-state index in [0.29, 0.717) is 0 Å². The van der Waals surface area contributed by atoms with Crippen molar-refractivity contribution < 1.29 is 29.3 Å². The Balaban J connectivity index is 0. The molecular weight excluding hydrogens is 228 g/mol. The van der Waals surface area contributed by atoms with E-state index in [1.165, 1.54) is 6.92 Å². The molecule has 0 spiro atoms. The molecule has 0 aliphatic carbocycles. The summed E-state index contributed by atoms with van der Waals surface area (Å²) < 4.78 is 3.95. The van der Waals surface area contributed by atoms with Gasteiger partial charge in [0.2, 0.25) is 0 Å². The number of rotatable bonds is 1. The average molecular weight is 242 g/mol. The molecule has 17 heavy (non-hydrogen) atoms. The molecule has 1 aliphatic rings. The van der Waals surface area contributed by atoms with Crippen molar-refractivity contribution in [2.75, 3.05) is 0 Å². The van der Waals surface area contributed by atoms with Crippen molar-refractivity contribution in [1.29, 1.82) is 0 Å². The lowest BCUT2D eigenvalue weighted by molar-refractivity contribution is -0.154. The SMILES string of the molecule is C=C(C)C(=O)O.C=C=C.O=C1CC(O)C(=O)O1. The molecule has 6 nitrogen and oxygen atoms in total. The van der Waals surface area contributed by atoms with Crippen LogP contribution in [0, 0.1) is 0 Å². The zero-order chi connectivity index (χ0) is 14.0. The minimum Gasteiger partial charge on any atom is -0.478 e. The summed E-state index contributed by atoms with van der Waals surface area (Å²) in [7, 11) is 0. The number of aliphatic hydroxyl groups is 1. The third-order valence-electron chi connectivity index (χ3n) is 1.21. The molecule has 1 aliphatic heterocycles. The summed E-state index contributed by atoms with van der Waals surface area (Å²) in [4.78, 5) is 29.8. The maximum absolute atomic E-state index is 10.1. The van der Waals surface area contributed by atoms with E-state index >= 15 is 0 Å². The Hall–Kier alpha value is -2.17. The summed E-state index contributed by atoms with van der Waals surface area (Å²) in [5.41, 5.74) is 2.43. The van der Waals surface area contributed by atoms with E-state index in [1.807, 2.05) is 0 Å². The lowest BCUT2D eigenvalue weighted by Crippen LogP contribution is -2.11. The highest BCUT2D eigenvalue weighted by molar-refractivity contribution is 5.95.